The average molecular weight is 472 g/mol. The number of likely N-dealkylation sites (N-methyl/N-ethyl adjacent to an activating group) is 1. The summed E-state index contributed by atoms with van der Waals surface area (Å²) in [5.41, 5.74) is 1.84. The van der Waals surface area contributed by atoms with Crippen LogP contribution in [-0.4, -0.2) is 67.0 Å². The molecule has 11 nitrogen and oxygen atoms in total. The van der Waals surface area contributed by atoms with E-state index in [2.05, 4.69) is 15.8 Å². The lowest BCUT2D eigenvalue weighted by molar-refractivity contribution is -0.151. The molecule has 0 spiro atoms. The van der Waals surface area contributed by atoms with Crippen LogP contribution >= 0.6 is 0 Å². The quantitative estimate of drug-likeness (QED) is 0.649. The van der Waals surface area contributed by atoms with Gasteiger partial charge in [-0.2, -0.15) is 0 Å². The van der Waals surface area contributed by atoms with Crippen LogP contribution < -0.4 is 15.4 Å². The van der Waals surface area contributed by atoms with E-state index in [1.54, 1.807) is 44.0 Å². The average Bonchev–Trinajstić information content (AvgIpc) is 3.13. The number of methoxy groups -OCH3 is 1. The van der Waals surface area contributed by atoms with Crippen molar-refractivity contribution in [3.8, 4) is 5.75 Å². The van der Waals surface area contributed by atoms with Gasteiger partial charge < -0.3 is 34.3 Å². The van der Waals surface area contributed by atoms with Crippen molar-refractivity contribution in [2.24, 2.45) is 0 Å². The molecule has 1 fully saturated rings. The highest BCUT2D eigenvalue weighted by Crippen LogP contribution is 2.32. The van der Waals surface area contributed by atoms with Gasteiger partial charge in [0.15, 0.2) is 5.76 Å². The van der Waals surface area contributed by atoms with Crippen LogP contribution in [0.5, 0.6) is 5.75 Å². The van der Waals surface area contributed by atoms with Crippen LogP contribution in [-0.2, 0) is 14.3 Å². The number of fused-ring (bicyclic) bond motifs is 2. The zero-order valence-electron chi connectivity index (χ0n) is 19.5. The van der Waals surface area contributed by atoms with Crippen molar-refractivity contribution >= 4 is 29.3 Å². The molecule has 1 aromatic carbocycles. The van der Waals surface area contributed by atoms with Crippen LogP contribution in [0.3, 0.4) is 0 Å². The van der Waals surface area contributed by atoms with E-state index in [-0.39, 0.29) is 43.2 Å². The Bertz CT molecular complexity index is 1080. The molecular formula is C23H28N4O7. The highest BCUT2D eigenvalue weighted by Gasteiger charge is 2.39. The van der Waals surface area contributed by atoms with E-state index in [0.29, 0.717) is 47.0 Å². The molecule has 34 heavy (non-hydrogen) atoms. The third-order valence-electron chi connectivity index (χ3n) is 6.16. The molecule has 2 aliphatic rings. The number of aromatic nitrogens is 1. The van der Waals surface area contributed by atoms with Crippen molar-refractivity contribution in [3.63, 3.8) is 0 Å². The standard InChI is InChI=1S/C23H28N4O7/c1-12-21(13(2)34-26-12)25-23(30)24-14-5-8-18-16(9-14)22(29)27(3)17-7-6-15(10-20(28)31-4)33-19(17)11-32-18/h5,8-9,15,17,19H,6-7,10-11H2,1-4H3,(H2,24,25,30)/t15-,17-,19+/m1/s1. The number of aryl methyl sites for hydroxylation is 2. The van der Waals surface area contributed by atoms with Crippen molar-refractivity contribution in [3.05, 3.63) is 35.2 Å². The first-order valence-electron chi connectivity index (χ1n) is 11.0. The number of esters is 1. The molecule has 1 saturated heterocycles. The van der Waals surface area contributed by atoms with Crippen LogP contribution in [0.25, 0.3) is 0 Å². The Morgan fingerprint density at radius 3 is 2.74 bits per heavy atom. The van der Waals surface area contributed by atoms with E-state index >= 15 is 0 Å². The Kier molecular flexibility index (Phi) is 6.73. The predicted octanol–water partition coefficient (Wildman–Crippen LogP) is 2.88. The monoisotopic (exact) mass is 472 g/mol. The second-order valence-corrected chi connectivity index (χ2v) is 8.44. The topological polar surface area (TPSA) is 132 Å². The van der Waals surface area contributed by atoms with Crippen LogP contribution in [0.4, 0.5) is 16.2 Å². The Hall–Kier alpha value is -3.60. The lowest BCUT2D eigenvalue weighted by Gasteiger charge is -2.42. The molecular weight excluding hydrogens is 444 g/mol. The first-order valence-corrected chi connectivity index (χ1v) is 11.0. The molecule has 3 amide bonds. The molecule has 0 radical (unpaired) electrons. The number of benzene rings is 1. The number of amides is 3. The fraction of sp³-hybridized carbons (Fsp3) is 0.478. The van der Waals surface area contributed by atoms with Crippen molar-refractivity contribution < 1.29 is 33.1 Å². The number of rotatable bonds is 4. The Labute approximate surface area is 196 Å². The zero-order valence-corrected chi connectivity index (χ0v) is 19.5. The van der Waals surface area contributed by atoms with Gasteiger partial charge in [-0.05, 0) is 44.9 Å². The van der Waals surface area contributed by atoms with Crippen molar-refractivity contribution in [1.82, 2.24) is 10.1 Å². The van der Waals surface area contributed by atoms with Gasteiger partial charge in [-0.1, -0.05) is 5.16 Å². The van der Waals surface area contributed by atoms with Gasteiger partial charge in [-0.25, -0.2) is 4.79 Å². The Morgan fingerprint density at radius 1 is 1.24 bits per heavy atom. The molecule has 0 bridgehead atoms. The molecule has 3 atom stereocenters. The lowest BCUT2D eigenvalue weighted by atomic mass is 9.94. The van der Waals surface area contributed by atoms with Gasteiger partial charge in [0.1, 0.15) is 29.8 Å². The minimum absolute atomic E-state index is 0.166. The van der Waals surface area contributed by atoms with E-state index in [9.17, 15) is 14.4 Å². The second kappa shape index (κ2) is 9.72. The Balaban J connectivity index is 1.48. The third kappa shape index (κ3) is 4.84. The van der Waals surface area contributed by atoms with Gasteiger partial charge in [0.2, 0.25) is 0 Å². The smallest absolute Gasteiger partial charge is 0.323 e. The maximum absolute atomic E-state index is 13.3. The van der Waals surface area contributed by atoms with Gasteiger partial charge in [0.25, 0.3) is 5.91 Å². The highest BCUT2D eigenvalue weighted by atomic mass is 16.6. The molecule has 2 aromatic rings. The maximum atomic E-state index is 13.3. The van der Waals surface area contributed by atoms with Gasteiger partial charge >= 0.3 is 12.0 Å². The third-order valence-corrected chi connectivity index (χ3v) is 6.16. The summed E-state index contributed by atoms with van der Waals surface area (Å²) < 4.78 is 21.8. The highest BCUT2D eigenvalue weighted by molar-refractivity contribution is 6.03. The lowest BCUT2D eigenvalue weighted by Crippen LogP contribution is -2.53. The largest absolute Gasteiger partial charge is 0.490 e. The van der Waals surface area contributed by atoms with E-state index in [4.69, 9.17) is 18.7 Å². The van der Waals surface area contributed by atoms with Crippen LogP contribution in [0.1, 0.15) is 41.1 Å². The van der Waals surface area contributed by atoms with E-state index in [0.717, 1.165) is 0 Å². The van der Waals surface area contributed by atoms with Crippen LogP contribution in [0.2, 0.25) is 0 Å². The summed E-state index contributed by atoms with van der Waals surface area (Å²) in [6.45, 7) is 3.65. The summed E-state index contributed by atoms with van der Waals surface area (Å²) in [6, 6.07) is 4.19. The van der Waals surface area contributed by atoms with Crippen molar-refractivity contribution in [2.75, 3.05) is 31.4 Å². The Morgan fingerprint density at radius 2 is 2.03 bits per heavy atom. The minimum Gasteiger partial charge on any atom is -0.490 e. The normalized spacial score (nSPS) is 21.9. The molecule has 1 aromatic heterocycles. The van der Waals surface area contributed by atoms with E-state index in [1.807, 2.05) is 0 Å². The predicted molar refractivity (Wildman–Crippen MR) is 121 cm³/mol. The number of nitrogens with zero attached hydrogens (tertiary/aromatic N) is 2. The zero-order chi connectivity index (χ0) is 24.4. The second-order valence-electron chi connectivity index (χ2n) is 8.44. The maximum Gasteiger partial charge on any atom is 0.323 e. The molecule has 3 heterocycles. The summed E-state index contributed by atoms with van der Waals surface area (Å²) in [4.78, 5) is 39.1. The van der Waals surface area contributed by atoms with Gasteiger partial charge in [0, 0.05) is 12.7 Å². The molecule has 0 saturated carbocycles. The van der Waals surface area contributed by atoms with Crippen molar-refractivity contribution in [2.45, 2.75) is 51.4 Å². The van der Waals surface area contributed by atoms with Gasteiger partial charge in [0.05, 0.1) is 31.2 Å². The molecule has 4 rings (SSSR count). The van der Waals surface area contributed by atoms with Gasteiger partial charge in [-0.3, -0.25) is 9.59 Å². The first-order chi connectivity index (χ1) is 16.3. The number of hydrogen-bond donors (Lipinski definition) is 2. The van der Waals surface area contributed by atoms with Crippen molar-refractivity contribution in [1.29, 1.82) is 0 Å². The first kappa shape index (κ1) is 23.6. The van der Waals surface area contributed by atoms with E-state index < -0.39 is 6.03 Å². The molecule has 2 aliphatic heterocycles. The minimum atomic E-state index is -0.487. The van der Waals surface area contributed by atoms with Crippen LogP contribution in [0, 0.1) is 13.8 Å². The number of carbonyl (C=O) groups excluding carboxylic acids is 3. The molecule has 182 valence electrons. The summed E-state index contributed by atoms with van der Waals surface area (Å²) in [7, 11) is 3.07. The SMILES string of the molecule is COC(=O)C[C@H]1CC[C@@H]2[C@H](COc3ccc(NC(=O)Nc4c(C)noc4C)cc3C(=O)N2C)O1. The number of ether oxygens (including phenoxy) is 3. The summed E-state index contributed by atoms with van der Waals surface area (Å²) in [6.07, 6.45) is 0.820. The van der Waals surface area contributed by atoms with Crippen LogP contribution in [0.15, 0.2) is 22.7 Å². The fourth-order valence-corrected chi connectivity index (χ4v) is 4.31. The number of carbonyl (C=O) groups is 3. The molecule has 11 heteroatoms. The summed E-state index contributed by atoms with van der Waals surface area (Å²) in [5.74, 6) is 0.317. The summed E-state index contributed by atoms with van der Waals surface area (Å²) >= 11 is 0. The number of nitrogens with one attached hydrogen (secondary N) is 2. The molecule has 2 N–H and O–H groups in total. The molecule has 0 aliphatic carbocycles. The summed E-state index contributed by atoms with van der Waals surface area (Å²) in [5, 5.41) is 9.24. The molecule has 0 unspecified atom stereocenters. The number of urea groups is 1. The fourth-order valence-electron chi connectivity index (χ4n) is 4.31. The number of hydrogen-bond acceptors (Lipinski definition) is 8. The number of anilines is 2. The van der Waals surface area contributed by atoms with Gasteiger partial charge in [-0.15, -0.1) is 0 Å². The van der Waals surface area contributed by atoms with E-state index in [1.165, 1.54) is 7.11 Å².